The number of hydrogen-bond donors (Lipinski definition) is 0. The first-order valence-corrected chi connectivity index (χ1v) is 10.9. The molecule has 25 heavy (non-hydrogen) atoms. The summed E-state index contributed by atoms with van der Waals surface area (Å²) in [5, 5.41) is 1.72. The smallest absolute Gasteiger partial charge is 0.252 e. The van der Waals surface area contributed by atoms with E-state index in [4.69, 9.17) is 4.74 Å². The van der Waals surface area contributed by atoms with Crippen LogP contribution in [0, 0.1) is 0 Å². The van der Waals surface area contributed by atoms with Crippen molar-refractivity contribution in [3.05, 3.63) is 17.5 Å². The van der Waals surface area contributed by atoms with E-state index >= 15 is 0 Å². The first-order chi connectivity index (χ1) is 12.0. The molecule has 1 atom stereocenters. The molecule has 140 valence electrons. The van der Waals surface area contributed by atoms with E-state index < -0.39 is 10.0 Å². The van der Waals surface area contributed by atoms with Gasteiger partial charge in [-0.1, -0.05) is 6.07 Å². The minimum atomic E-state index is -3.58. The number of sulfonamides is 1. The van der Waals surface area contributed by atoms with Crippen molar-refractivity contribution in [3.8, 4) is 0 Å². The van der Waals surface area contributed by atoms with Gasteiger partial charge in [-0.15, -0.1) is 11.3 Å². The van der Waals surface area contributed by atoms with Gasteiger partial charge >= 0.3 is 0 Å². The number of thiophene rings is 1. The van der Waals surface area contributed by atoms with Gasteiger partial charge < -0.3 is 9.64 Å². The summed E-state index contributed by atoms with van der Waals surface area (Å²) in [5.74, 6) is -0.139. The Morgan fingerprint density at radius 3 is 2.72 bits per heavy atom. The molecule has 7 nitrogen and oxygen atoms in total. The topological polar surface area (TPSA) is 70.2 Å². The van der Waals surface area contributed by atoms with Crippen LogP contribution in [0.15, 0.2) is 21.7 Å². The highest BCUT2D eigenvalue weighted by molar-refractivity contribution is 7.91. The lowest BCUT2D eigenvalue weighted by Crippen LogP contribution is -2.52. The number of rotatable bonds is 6. The average Bonchev–Trinajstić information content (AvgIpc) is 3.29. The number of carbonyl (C=O) groups excluding carboxylic acids is 1. The number of ether oxygens (including phenoxy) is 1. The molecule has 1 aromatic heterocycles. The largest absolute Gasteiger partial charge is 0.377 e. The zero-order valence-electron chi connectivity index (χ0n) is 14.5. The summed E-state index contributed by atoms with van der Waals surface area (Å²) in [7, 11) is -2.12. The molecule has 1 aromatic rings. The molecule has 0 spiro atoms. The number of nitrogens with zero attached hydrogens (tertiary/aromatic N) is 3. The average molecular weight is 388 g/mol. The van der Waals surface area contributed by atoms with Crippen molar-refractivity contribution in [1.82, 2.24) is 14.1 Å². The minimum Gasteiger partial charge on any atom is -0.377 e. The molecule has 0 radical (unpaired) electrons. The van der Waals surface area contributed by atoms with Crippen molar-refractivity contribution < 1.29 is 17.9 Å². The molecule has 2 aliphatic heterocycles. The van der Waals surface area contributed by atoms with Gasteiger partial charge in [0.15, 0.2) is 0 Å². The SMILES string of the molecule is CN(CC(=O)N1CCN(C[C@H]2CCCO2)CC1)S(=O)(=O)c1cccs1. The fraction of sp³-hybridized carbons (Fsp3) is 0.688. The van der Waals surface area contributed by atoms with Crippen LogP contribution < -0.4 is 0 Å². The summed E-state index contributed by atoms with van der Waals surface area (Å²) >= 11 is 1.16. The van der Waals surface area contributed by atoms with Gasteiger partial charge in [-0.3, -0.25) is 9.69 Å². The van der Waals surface area contributed by atoms with Gasteiger partial charge in [0.25, 0.3) is 10.0 Å². The second-order valence-corrected chi connectivity index (χ2v) is 9.73. The lowest BCUT2D eigenvalue weighted by atomic mass is 10.2. The van der Waals surface area contributed by atoms with Gasteiger partial charge in [0.05, 0.1) is 12.6 Å². The molecule has 2 fully saturated rings. The van der Waals surface area contributed by atoms with Crippen LogP contribution in [-0.4, -0.2) is 87.5 Å². The molecule has 9 heteroatoms. The summed E-state index contributed by atoms with van der Waals surface area (Å²) < 4.78 is 31.9. The monoisotopic (exact) mass is 387 g/mol. The third-order valence-electron chi connectivity index (χ3n) is 4.73. The number of carbonyl (C=O) groups is 1. The number of amides is 1. The predicted molar refractivity (Wildman–Crippen MR) is 96.1 cm³/mol. The summed E-state index contributed by atoms with van der Waals surface area (Å²) in [6.45, 7) is 4.56. The minimum absolute atomic E-state index is 0.119. The fourth-order valence-electron chi connectivity index (χ4n) is 3.20. The molecule has 0 saturated carbocycles. The lowest BCUT2D eigenvalue weighted by molar-refractivity contribution is -0.133. The van der Waals surface area contributed by atoms with Gasteiger partial charge in [-0.25, -0.2) is 8.42 Å². The maximum Gasteiger partial charge on any atom is 0.252 e. The molecule has 3 rings (SSSR count). The maximum absolute atomic E-state index is 12.5. The van der Waals surface area contributed by atoms with Crippen LogP contribution in [0.1, 0.15) is 12.8 Å². The molecule has 1 amide bonds. The second kappa shape index (κ2) is 8.13. The standard InChI is InChI=1S/C16H25N3O4S2/c1-17(25(21,22)16-5-3-11-24-16)13-15(20)19-8-6-18(7-9-19)12-14-4-2-10-23-14/h3,5,11,14H,2,4,6-10,12-13H2,1H3/t14-/m1/s1. The van der Waals surface area contributed by atoms with Crippen LogP contribution in [0.4, 0.5) is 0 Å². The van der Waals surface area contributed by atoms with Crippen molar-refractivity contribution in [3.63, 3.8) is 0 Å². The highest BCUT2D eigenvalue weighted by Gasteiger charge is 2.28. The van der Waals surface area contributed by atoms with E-state index in [-0.39, 0.29) is 16.7 Å². The normalized spacial score (nSPS) is 22.6. The quantitative estimate of drug-likeness (QED) is 0.718. The first kappa shape index (κ1) is 18.8. The number of likely N-dealkylation sites (N-methyl/N-ethyl adjacent to an activating group) is 1. The highest BCUT2D eigenvalue weighted by Crippen LogP contribution is 2.20. The molecule has 0 aromatic carbocycles. The van der Waals surface area contributed by atoms with E-state index in [1.807, 2.05) is 0 Å². The van der Waals surface area contributed by atoms with Crippen molar-refractivity contribution >= 4 is 27.3 Å². The van der Waals surface area contributed by atoms with E-state index in [9.17, 15) is 13.2 Å². The van der Waals surface area contributed by atoms with Crippen LogP contribution in [0.2, 0.25) is 0 Å². The van der Waals surface area contributed by atoms with E-state index in [2.05, 4.69) is 4.90 Å². The Bertz CT molecular complexity index is 664. The Morgan fingerprint density at radius 1 is 1.36 bits per heavy atom. The van der Waals surface area contributed by atoms with E-state index in [0.717, 1.165) is 54.7 Å². The molecule has 0 unspecified atom stereocenters. The Kier molecular flexibility index (Phi) is 6.11. The van der Waals surface area contributed by atoms with Crippen LogP contribution in [0.3, 0.4) is 0 Å². The van der Waals surface area contributed by atoms with E-state index in [1.54, 1.807) is 22.4 Å². The molecule has 3 heterocycles. The first-order valence-electron chi connectivity index (χ1n) is 8.58. The maximum atomic E-state index is 12.5. The second-order valence-electron chi connectivity index (χ2n) is 6.51. The summed E-state index contributed by atoms with van der Waals surface area (Å²) in [5.41, 5.74) is 0. The van der Waals surface area contributed by atoms with Crippen LogP contribution in [0.5, 0.6) is 0 Å². The summed E-state index contributed by atoms with van der Waals surface area (Å²) in [6, 6.07) is 3.26. The van der Waals surface area contributed by atoms with Crippen molar-refractivity contribution in [2.45, 2.75) is 23.2 Å². The zero-order chi connectivity index (χ0) is 17.9. The van der Waals surface area contributed by atoms with Crippen LogP contribution in [0.25, 0.3) is 0 Å². The van der Waals surface area contributed by atoms with E-state index in [0.29, 0.717) is 19.2 Å². The summed E-state index contributed by atoms with van der Waals surface area (Å²) in [6.07, 6.45) is 2.57. The Labute approximate surface area is 153 Å². The molecule has 2 saturated heterocycles. The van der Waals surface area contributed by atoms with Gasteiger partial charge in [-0.2, -0.15) is 4.31 Å². The Morgan fingerprint density at radius 2 is 2.12 bits per heavy atom. The van der Waals surface area contributed by atoms with E-state index in [1.165, 1.54) is 7.05 Å². The van der Waals surface area contributed by atoms with Crippen molar-refractivity contribution in [2.75, 3.05) is 52.9 Å². The third kappa shape index (κ3) is 4.59. The van der Waals surface area contributed by atoms with Gasteiger partial charge in [0.1, 0.15) is 4.21 Å². The predicted octanol–water partition coefficient (Wildman–Crippen LogP) is 0.692. The summed E-state index contributed by atoms with van der Waals surface area (Å²) in [4.78, 5) is 16.5. The molecule has 0 bridgehead atoms. The molecule has 0 N–H and O–H groups in total. The van der Waals surface area contributed by atoms with Crippen LogP contribution >= 0.6 is 11.3 Å². The highest BCUT2D eigenvalue weighted by atomic mass is 32.2. The lowest BCUT2D eigenvalue weighted by Gasteiger charge is -2.36. The molecule has 0 aliphatic carbocycles. The van der Waals surface area contributed by atoms with Gasteiger partial charge in [0, 0.05) is 46.4 Å². The van der Waals surface area contributed by atoms with Gasteiger partial charge in [0.2, 0.25) is 5.91 Å². The number of hydrogen-bond acceptors (Lipinski definition) is 6. The zero-order valence-corrected chi connectivity index (χ0v) is 16.1. The third-order valence-corrected chi connectivity index (χ3v) is 7.90. The van der Waals surface area contributed by atoms with Crippen LogP contribution in [-0.2, 0) is 19.6 Å². The Balaban J connectivity index is 1.47. The van der Waals surface area contributed by atoms with Crippen molar-refractivity contribution in [1.29, 1.82) is 0 Å². The van der Waals surface area contributed by atoms with Gasteiger partial charge in [-0.05, 0) is 24.3 Å². The molecule has 2 aliphatic rings. The van der Waals surface area contributed by atoms with Crippen molar-refractivity contribution in [2.24, 2.45) is 0 Å². The fourth-order valence-corrected chi connectivity index (χ4v) is 5.52. The Hall–Kier alpha value is -1.00. The molecular formula is C16H25N3O4S2. The number of piperazine rings is 1. The molecular weight excluding hydrogens is 362 g/mol.